The number of hydrogen-bond acceptors (Lipinski definition) is 3. The summed E-state index contributed by atoms with van der Waals surface area (Å²) in [5.41, 5.74) is -1.16. The van der Waals surface area contributed by atoms with Gasteiger partial charge in [-0.25, -0.2) is 4.79 Å². The smallest absolute Gasteiger partial charge is 0.416 e. The number of carbonyl (C=O) groups excluding carboxylic acids is 1. The van der Waals surface area contributed by atoms with E-state index in [1.165, 1.54) is 36.5 Å². The molecule has 1 atom stereocenters. The molecule has 24 heavy (non-hydrogen) atoms. The van der Waals surface area contributed by atoms with Crippen LogP contribution in [0.1, 0.15) is 21.6 Å². The summed E-state index contributed by atoms with van der Waals surface area (Å²) in [7, 11) is 0. The van der Waals surface area contributed by atoms with E-state index in [0.29, 0.717) is 0 Å². The number of nitrogens with one attached hydrogen (secondary N) is 1. The van der Waals surface area contributed by atoms with Gasteiger partial charge in [0.2, 0.25) is 0 Å². The van der Waals surface area contributed by atoms with Crippen LogP contribution in [0, 0.1) is 0 Å². The van der Waals surface area contributed by atoms with Crippen LogP contribution >= 0.6 is 0 Å². The van der Waals surface area contributed by atoms with Crippen molar-refractivity contribution in [2.75, 3.05) is 0 Å². The summed E-state index contributed by atoms with van der Waals surface area (Å²) in [6.45, 7) is 0. The molecule has 5 nitrogen and oxygen atoms in total. The number of nitrogens with zero attached hydrogens (tertiary/aromatic N) is 1. The van der Waals surface area contributed by atoms with Gasteiger partial charge >= 0.3 is 12.1 Å². The first-order chi connectivity index (χ1) is 11.3. The van der Waals surface area contributed by atoms with Crippen LogP contribution in [-0.2, 0) is 17.4 Å². The SMILES string of the molecule is O=C(N[C@H](Cc1ccccc1C(F)(F)F)C(=O)O)c1ccccn1. The molecular weight excluding hydrogens is 325 g/mol. The van der Waals surface area contributed by atoms with Crippen molar-refractivity contribution in [3.63, 3.8) is 0 Å². The first-order valence-electron chi connectivity index (χ1n) is 6.89. The summed E-state index contributed by atoms with van der Waals surface area (Å²) in [6.07, 6.45) is -3.75. The first kappa shape index (κ1) is 17.5. The summed E-state index contributed by atoms with van der Waals surface area (Å²) >= 11 is 0. The van der Waals surface area contributed by atoms with E-state index >= 15 is 0 Å². The number of halogens is 3. The van der Waals surface area contributed by atoms with Crippen LogP contribution in [0.25, 0.3) is 0 Å². The zero-order chi connectivity index (χ0) is 17.7. The highest BCUT2D eigenvalue weighted by Crippen LogP contribution is 2.32. The highest BCUT2D eigenvalue weighted by molar-refractivity contribution is 5.94. The van der Waals surface area contributed by atoms with E-state index in [9.17, 15) is 27.9 Å². The minimum atomic E-state index is -4.61. The Bertz CT molecular complexity index is 733. The third kappa shape index (κ3) is 4.31. The van der Waals surface area contributed by atoms with Crippen LogP contribution in [0.15, 0.2) is 48.7 Å². The summed E-state index contributed by atoms with van der Waals surface area (Å²) in [4.78, 5) is 27.1. The number of hydrogen-bond donors (Lipinski definition) is 2. The number of carboxylic acid groups (broad SMARTS) is 1. The Balaban J connectivity index is 2.22. The highest BCUT2D eigenvalue weighted by atomic mass is 19.4. The molecule has 0 aliphatic rings. The molecular formula is C16H13F3N2O3. The van der Waals surface area contributed by atoms with Crippen LogP contribution in [0.5, 0.6) is 0 Å². The predicted octanol–water partition coefficient (Wildman–Crippen LogP) is 2.53. The molecule has 1 amide bonds. The molecule has 2 aromatic rings. The standard InChI is InChI=1S/C16H13F3N2O3/c17-16(18,19)11-6-2-1-5-10(11)9-13(15(23)24)21-14(22)12-7-3-4-8-20-12/h1-8,13H,9H2,(H,21,22)(H,23,24)/t13-/m1/s1. The van der Waals surface area contributed by atoms with Crippen LogP contribution in [0.2, 0.25) is 0 Å². The van der Waals surface area contributed by atoms with E-state index in [4.69, 9.17) is 0 Å². The third-order valence-corrected chi connectivity index (χ3v) is 3.25. The first-order valence-corrected chi connectivity index (χ1v) is 6.89. The van der Waals surface area contributed by atoms with Gasteiger partial charge in [0, 0.05) is 12.6 Å². The molecule has 1 aromatic heterocycles. The second kappa shape index (κ2) is 7.12. The topological polar surface area (TPSA) is 79.3 Å². The monoisotopic (exact) mass is 338 g/mol. The van der Waals surface area contributed by atoms with Crippen LogP contribution in [0.3, 0.4) is 0 Å². The second-order valence-corrected chi connectivity index (χ2v) is 4.94. The molecule has 1 heterocycles. The van der Waals surface area contributed by atoms with Crippen molar-refractivity contribution in [2.24, 2.45) is 0 Å². The minimum absolute atomic E-state index is 0.0205. The normalized spacial score (nSPS) is 12.5. The molecule has 0 saturated carbocycles. The second-order valence-electron chi connectivity index (χ2n) is 4.94. The van der Waals surface area contributed by atoms with Gasteiger partial charge in [-0.3, -0.25) is 9.78 Å². The highest BCUT2D eigenvalue weighted by Gasteiger charge is 2.34. The third-order valence-electron chi connectivity index (χ3n) is 3.25. The Labute approximate surface area is 135 Å². The summed E-state index contributed by atoms with van der Waals surface area (Å²) < 4.78 is 38.9. The van der Waals surface area contributed by atoms with Gasteiger partial charge in [-0.15, -0.1) is 0 Å². The average Bonchev–Trinajstić information content (AvgIpc) is 2.54. The minimum Gasteiger partial charge on any atom is -0.480 e. The lowest BCUT2D eigenvalue weighted by atomic mass is 9.99. The molecule has 0 spiro atoms. The summed E-state index contributed by atoms with van der Waals surface area (Å²) in [6, 6.07) is 7.63. The number of carbonyl (C=O) groups is 2. The molecule has 126 valence electrons. The largest absolute Gasteiger partial charge is 0.480 e. The maximum atomic E-state index is 13.0. The number of aliphatic carboxylic acids is 1. The van der Waals surface area contributed by atoms with E-state index in [0.717, 1.165) is 6.07 Å². The van der Waals surface area contributed by atoms with Crippen LogP contribution < -0.4 is 5.32 Å². The molecule has 0 bridgehead atoms. The number of alkyl halides is 3. The van der Waals surface area contributed by atoms with E-state index < -0.39 is 36.1 Å². The number of rotatable bonds is 5. The van der Waals surface area contributed by atoms with E-state index in [-0.39, 0.29) is 11.3 Å². The predicted molar refractivity (Wildman–Crippen MR) is 78.3 cm³/mol. The fourth-order valence-corrected chi connectivity index (χ4v) is 2.12. The van der Waals surface area contributed by atoms with Gasteiger partial charge < -0.3 is 10.4 Å². The number of amides is 1. The maximum absolute atomic E-state index is 13.0. The van der Waals surface area contributed by atoms with Gasteiger partial charge in [0.15, 0.2) is 0 Å². The van der Waals surface area contributed by atoms with Gasteiger partial charge in [0.05, 0.1) is 5.56 Å². The molecule has 0 aliphatic carbocycles. The number of pyridine rings is 1. The Kier molecular flexibility index (Phi) is 5.18. The zero-order valence-corrected chi connectivity index (χ0v) is 12.2. The van der Waals surface area contributed by atoms with Crippen molar-refractivity contribution in [3.05, 3.63) is 65.5 Å². The molecule has 0 radical (unpaired) electrons. The van der Waals surface area contributed by atoms with Crippen LogP contribution in [0.4, 0.5) is 13.2 Å². The maximum Gasteiger partial charge on any atom is 0.416 e. The zero-order valence-electron chi connectivity index (χ0n) is 12.2. The van der Waals surface area contributed by atoms with E-state index in [1.807, 2.05) is 0 Å². The Hall–Kier alpha value is -2.90. The van der Waals surface area contributed by atoms with E-state index in [2.05, 4.69) is 10.3 Å². The molecule has 0 saturated heterocycles. The van der Waals surface area contributed by atoms with Gasteiger partial charge in [0.25, 0.3) is 5.91 Å². The van der Waals surface area contributed by atoms with Crippen molar-refractivity contribution in [1.29, 1.82) is 0 Å². The lowest BCUT2D eigenvalue weighted by Gasteiger charge is -2.17. The Morgan fingerprint density at radius 1 is 1.12 bits per heavy atom. The van der Waals surface area contributed by atoms with Gasteiger partial charge in [-0.1, -0.05) is 24.3 Å². The average molecular weight is 338 g/mol. The van der Waals surface area contributed by atoms with Crippen LogP contribution in [-0.4, -0.2) is 28.0 Å². The van der Waals surface area contributed by atoms with Gasteiger partial charge in [-0.2, -0.15) is 13.2 Å². The molecule has 0 unspecified atom stereocenters. The molecule has 2 rings (SSSR count). The van der Waals surface area contributed by atoms with Crippen molar-refractivity contribution < 1.29 is 27.9 Å². The molecule has 1 aromatic carbocycles. The van der Waals surface area contributed by atoms with E-state index in [1.54, 1.807) is 6.07 Å². The fraction of sp³-hybridized carbons (Fsp3) is 0.188. The number of aromatic nitrogens is 1. The Morgan fingerprint density at radius 2 is 1.79 bits per heavy atom. The molecule has 0 fully saturated rings. The van der Waals surface area contributed by atoms with Crippen molar-refractivity contribution in [3.8, 4) is 0 Å². The number of carboxylic acids is 1. The number of benzene rings is 1. The lowest BCUT2D eigenvalue weighted by Crippen LogP contribution is -2.42. The quantitative estimate of drug-likeness (QED) is 0.878. The molecule has 0 aliphatic heterocycles. The van der Waals surface area contributed by atoms with Crippen molar-refractivity contribution in [1.82, 2.24) is 10.3 Å². The van der Waals surface area contributed by atoms with Crippen molar-refractivity contribution in [2.45, 2.75) is 18.6 Å². The fourth-order valence-electron chi connectivity index (χ4n) is 2.12. The lowest BCUT2D eigenvalue weighted by molar-refractivity contribution is -0.141. The summed E-state index contributed by atoms with van der Waals surface area (Å²) in [5.74, 6) is -2.20. The van der Waals surface area contributed by atoms with Gasteiger partial charge in [-0.05, 0) is 23.8 Å². The summed E-state index contributed by atoms with van der Waals surface area (Å²) in [5, 5.41) is 11.4. The van der Waals surface area contributed by atoms with Crippen molar-refractivity contribution >= 4 is 11.9 Å². The Morgan fingerprint density at radius 3 is 2.38 bits per heavy atom. The molecule has 8 heteroatoms. The molecule has 2 N–H and O–H groups in total. The van der Waals surface area contributed by atoms with Gasteiger partial charge in [0.1, 0.15) is 11.7 Å².